The summed E-state index contributed by atoms with van der Waals surface area (Å²) in [5.41, 5.74) is -0.436. The molecule has 0 spiro atoms. The van der Waals surface area contributed by atoms with Crippen LogP contribution in [0.3, 0.4) is 0 Å². The van der Waals surface area contributed by atoms with Gasteiger partial charge in [0.2, 0.25) is 0 Å². The van der Waals surface area contributed by atoms with Crippen molar-refractivity contribution in [3.63, 3.8) is 0 Å². The van der Waals surface area contributed by atoms with Crippen molar-refractivity contribution in [3.05, 3.63) is 12.7 Å². The van der Waals surface area contributed by atoms with Crippen LogP contribution >= 0.6 is 0 Å². The Kier molecular flexibility index (Phi) is 8.68. The molecule has 164 valence electrons. The first-order valence-electron chi connectivity index (χ1n) is 10.6. The molecule has 2 rings (SSSR count). The molecule has 2 N–H and O–H groups in total. The lowest BCUT2D eigenvalue weighted by Crippen LogP contribution is -2.33. The number of ether oxygens (including phenoxy) is 2. The Morgan fingerprint density at radius 1 is 0.862 bits per heavy atom. The molecule has 2 aliphatic rings. The highest BCUT2D eigenvalue weighted by molar-refractivity contribution is 5.81. The van der Waals surface area contributed by atoms with Crippen LogP contribution in [-0.2, 0) is 28.7 Å². The number of nitrogens with two attached hydrogens (primary N) is 1. The summed E-state index contributed by atoms with van der Waals surface area (Å²) < 4.78 is 10.6. The molecule has 2 fully saturated rings. The van der Waals surface area contributed by atoms with Crippen LogP contribution < -0.4 is 5.90 Å². The molecule has 0 aromatic rings. The van der Waals surface area contributed by atoms with Gasteiger partial charge in [0, 0.05) is 11.5 Å². The van der Waals surface area contributed by atoms with Gasteiger partial charge in [0.15, 0.2) is 0 Å². The molecule has 2 aliphatic carbocycles. The second-order valence-electron chi connectivity index (χ2n) is 9.24. The summed E-state index contributed by atoms with van der Waals surface area (Å²) in [6.45, 7) is 7.55. The first-order chi connectivity index (χ1) is 13.8. The summed E-state index contributed by atoms with van der Waals surface area (Å²) in [5, 5.41) is 0. The van der Waals surface area contributed by atoms with Gasteiger partial charge in [-0.3, -0.25) is 9.59 Å². The van der Waals surface area contributed by atoms with E-state index in [-0.39, 0.29) is 37.0 Å². The molecule has 0 saturated heterocycles. The van der Waals surface area contributed by atoms with Crippen LogP contribution in [-0.4, -0.2) is 31.1 Å². The Morgan fingerprint density at radius 3 is 1.76 bits per heavy atom. The maximum absolute atomic E-state index is 12.5. The Bertz CT molecular complexity index is 586. The molecule has 29 heavy (non-hydrogen) atoms. The van der Waals surface area contributed by atoms with Crippen molar-refractivity contribution in [1.29, 1.82) is 0 Å². The lowest BCUT2D eigenvalue weighted by Gasteiger charge is -2.36. The molecule has 0 aromatic carbocycles. The highest BCUT2D eigenvalue weighted by Gasteiger charge is 2.35. The van der Waals surface area contributed by atoms with Gasteiger partial charge in [-0.15, -0.1) is 0 Å². The molecular formula is C22H35NO6. The smallest absolute Gasteiger partial charge is 0.330 e. The molecule has 2 saturated carbocycles. The van der Waals surface area contributed by atoms with Crippen LogP contribution in [0, 0.1) is 29.1 Å². The van der Waals surface area contributed by atoms with Crippen molar-refractivity contribution in [1.82, 2.24) is 0 Å². The van der Waals surface area contributed by atoms with E-state index in [1.54, 1.807) is 0 Å². The topological polar surface area (TPSA) is 105 Å². The standard InChI is InChI=1S/C22H35NO6/c1-4-19(24)27-13-22(2,3)14-28-20(25)17-9-5-15(6-10-17)16-7-11-18(12-8-16)21(26)29-23/h4,15-18H,1,5-14,23H2,2-3H3. The summed E-state index contributed by atoms with van der Waals surface area (Å²) in [5.74, 6) is 5.19. The minimum atomic E-state index is -0.475. The minimum absolute atomic E-state index is 0.0543. The normalized spacial score (nSPS) is 27.6. The van der Waals surface area contributed by atoms with Gasteiger partial charge in [0.25, 0.3) is 0 Å². The maximum atomic E-state index is 12.5. The van der Waals surface area contributed by atoms with Gasteiger partial charge in [-0.2, -0.15) is 5.90 Å². The summed E-state index contributed by atoms with van der Waals surface area (Å²) in [6, 6.07) is 0. The third-order valence-corrected chi connectivity index (χ3v) is 6.37. The van der Waals surface area contributed by atoms with Gasteiger partial charge in [-0.25, -0.2) is 4.79 Å². The van der Waals surface area contributed by atoms with E-state index < -0.39 is 11.4 Å². The quantitative estimate of drug-likeness (QED) is 0.372. The first kappa shape index (κ1) is 23.4. The fraction of sp³-hybridized carbons (Fsp3) is 0.773. The largest absolute Gasteiger partial charge is 0.465 e. The summed E-state index contributed by atoms with van der Waals surface area (Å²) in [7, 11) is 0. The maximum Gasteiger partial charge on any atom is 0.330 e. The van der Waals surface area contributed by atoms with Gasteiger partial charge in [0.05, 0.1) is 25.0 Å². The Morgan fingerprint density at radius 2 is 1.31 bits per heavy atom. The van der Waals surface area contributed by atoms with E-state index in [9.17, 15) is 14.4 Å². The number of carbonyl (C=O) groups excluding carboxylic acids is 3. The van der Waals surface area contributed by atoms with Crippen molar-refractivity contribution >= 4 is 17.9 Å². The van der Waals surface area contributed by atoms with E-state index in [2.05, 4.69) is 11.4 Å². The number of esters is 2. The van der Waals surface area contributed by atoms with Crippen LogP contribution in [0.4, 0.5) is 0 Å². The molecule has 0 aromatic heterocycles. The molecule has 0 amide bonds. The van der Waals surface area contributed by atoms with Crippen LogP contribution in [0.2, 0.25) is 0 Å². The highest BCUT2D eigenvalue weighted by atomic mass is 16.7. The predicted molar refractivity (Wildman–Crippen MR) is 107 cm³/mol. The van der Waals surface area contributed by atoms with Gasteiger partial charge >= 0.3 is 17.9 Å². The number of hydrogen-bond donors (Lipinski definition) is 1. The number of rotatable bonds is 8. The van der Waals surface area contributed by atoms with Crippen LogP contribution in [0.5, 0.6) is 0 Å². The number of hydrogen-bond acceptors (Lipinski definition) is 7. The second kappa shape index (κ2) is 10.8. The third-order valence-electron chi connectivity index (χ3n) is 6.37. The van der Waals surface area contributed by atoms with Crippen molar-refractivity contribution in [2.75, 3.05) is 13.2 Å². The molecule has 0 bridgehead atoms. The van der Waals surface area contributed by atoms with Gasteiger partial charge in [0.1, 0.15) is 0 Å². The van der Waals surface area contributed by atoms with Crippen LogP contribution in [0.15, 0.2) is 12.7 Å². The van der Waals surface area contributed by atoms with Gasteiger partial charge < -0.3 is 14.3 Å². The lowest BCUT2D eigenvalue weighted by atomic mass is 9.69. The average molecular weight is 410 g/mol. The lowest BCUT2D eigenvalue weighted by molar-refractivity contribution is -0.156. The zero-order chi connectivity index (χ0) is 21.4. The summed E-state index contributed by atoms with van der Waals surface area (Å²) >= 11 is 0. The Hall–Kier alpha value is -1.89. The molecule has 7 nitrogen and oxygen atoms in total. The van der Waals surface area contributed by atoms with Crippen molar-refractivity contribution in [2.45, 2.75) is 65.2 Å². The molecule has 0 radical (unpaired) electrons. The van der Waals surface area contributed by atoms with Gasteiger partial charge in [-0.05, 0) is 63.2 Å². The summed E-state index contributed by atoms with van der Waals surface area (Å²) in [6.07, 6.45) is 8.60. The van der Waals surface area contributed by atoms with E-state index in [0.29, 0.717) is 11.8 Å². The van der Waals surface area contributed by atoms with Crippen molar-refractivity contribution < 1.29 is 28.7 Å². The van der Waals surface area contributed by atoms with E-state index in [0.717, 1.165) is 57.4 Å². The van der Waals surface area contributed by atoms with Crippen molar-refractivity contribution in [3.8, 4) is 0 Å². The zero-order valence-electron chi connectivity index (χ0n) is 17.7. The van der Waals surface area contributed by atoms with Crippen molar-refractivity contribution in [2.24, 2.45) is 35.0 Å². The molecule has 0 heterocycles. The third kappa shape index (κ3) is 7.14. The molecule has 0 unspecified atom stereocenters. The van der Waals surface area contributed by atoms with Crippen LogP contribution in [0.25, 0.3) is 0 Å². The fourth-order valence-corrected chi connectivity index (χ4v) is 4.50. The number of carbonyl (C=O) groups is 3. The molecule has 0 atom stereocenters. The molecular weight excluding hydrogens is 374 g/mol. The first-order valence-corrected chi connectivity index (χ1v) is 10.6. The fourth-order valence-electron chi connectivity index (χ4n) is 4.50. The van der Waals surface area contributed by atoms with E-state index in [4.69, 9.17) is 15.4 Å². The SMILES string of the molecule is C=CC(=O)OCC(C)(C)COC(=O)C1CCC(C2CCC(C(=O)ON)CC2)CC1. The highest BCUT2D eigenvalue weighted by Crippen LogP contribution is 2.41. The Balaban J connectivity index is 1.69. The predicted octanol–water partition coefficient (Wildman–Crippen LogP) is 3.31. The van der Waals surface area contributed by atoms with Crippen LogP contribution in [0.1, 0.15) is 65.2 Å². The molecule has 7 heteroatoms. The molecule has 0 aliphatic heterocycles. The van der Waals surface area contributed by atoms with E-state index in [1.807, 2.05) is 13.8 Å². The van der Waals surface area contributed by atoms with E-state index in [1.165, 1.54) is 0 Å². The monoisotopic (exact) mass is 409 g/mol. The van der Waals surface area contributed by atoms with Gasteiger partial charge in [-0.1, -0.05) is 20.4 Å². The minimum Gasteiger partial charge on any atom is -0.465 e. The van der Waals surface area contributed by atoms with E-state index >= 15 is 0 Å². The second-order valence-corrected chi connectivity index (χ2v) is 9.24. The Labute approximate surface area is 173 Å². The average Bonchev–Trinajstić information content (AvgIpc) is 2.75. The zero-order valence-corrected chi connectivity index (χ0v) is 17.7. The summed E-state index contributed by atoms with van der Waals surface area (Å²) in [4.78, 5) is 39.6.